The number of hydrogen-bond donors (Lipinski definition) is 1. The number of nitrogens with one attached hydrogen (secondary N) is 1. The molecular formula is C16H17N3O2. The second kappa shape index (κ2) is 5.33. The molecule has 0 unspecified atom stereocenters. The maximum atomic E-state index is 5.76. The molecule has 0 bridgehead atoms. The van der Waals surface area contributed by atoms with E-state index in [2.05, 4.69) is 15.5 Å². The molecule has 21 heavy (non-hydrogen) atoms. The molecule has 1 saturated heterocycles. The molecule has 4 rings (SSSR count). The summed E-state index contributed by atoms with van der Waals surface area (Å²) in [4.78, 5) is 4.48. The van der Waals surface area contributed by atoms with Crippen molar-refractivity contribution in [3.8, 4) is 11.6 Å². The molecule has 0 amide bonds. The molecule has 0 spiro atoms. The van der Waals surface area contributed by atoms with Crippen molar-refractivity contribution in [3.05, 3.63) is 36.2 Å². The van der Waals surface area contributed by atoms with Gasteiger partial charge in [0.1, 0.15) is 5.58 Å². The molecule has 1 N–H and O–H groups in total. The van der Waals surface area contributed by atoms with E-state index >= 15 is 0 Å². The van der Waals surface area contributed by atoms with Crippen molar-refractivity contribution in [2.24, 2.45) is 5.92 Å². The van der Waals surface area contributed by atoms with Crippen molar-refractivity contribution in [2.45, 2.75) is 19.3 Å². The van der Waals surface area contributed by atoms with Crippen LogP contribution in [0.5, 0.6) is 0 Å². The first-order valence-electron chi connectivity index (χ1n) is 7.41. The fraction of sp³-hybridized carbons (Fsp3) is 0.375. The van der Waals surface area contributed by atoms with Gasteiger partial charge in [0.05, 0.1) is 0 Å². The third-order valence-electron chi connectivity index (χ3n) is 4.04. The van der Waals surface area contributed by atoms with Crippen LogP contribution in [0.3, 0.4) is 0 Å². The Balaban J connectivity index is 1.55. The van der Waals surface area contributed by atoms with E-state index in [0.717, 1.165) is 30.5 Å². The maximum Gasteiger partial charge on any atom is 0.238 e. The van der Waals surface area contributed by atoms with Crippen molar-refractivity contribution in [2.75, 3.05) is 13.1 Å². The molecule has 0 aliphatic carbocycles. The third-order valence-corrected chi connectivity index (χ3v) is 4.04. The Kier molecular flexibility index (Phi) is 3.20. The summed E-state index contributed by atoms with van der Waals surface area (Å²) in [6.07, 6.45) is 3.19. The van der Waals surface area contributed by atoms with Gasteiger partial charge in [-0.15, -0.1) is 0 Å². The van der Waals surface area contributed by atoms with Gasteiger partial charge in [-0.1, -0.05) is 23.4 Å². The molecule has 5 nitrogen and oxygen atoms in total. The molecule has 0 atom stereocenters. The van der Waals surface area contributed by atoms with Gasteiger partial charge in [-0.2, -0.15) is 4.98 Å². The third kappa shape index (κ3) is 2.56. The summed E-state index contributed by atoms with van der Waals surface area (Å²) in [5.41, 5.74) is 0.845. The van der Waals surface area contributed by atoms with E-state index in [9.17, 15) is 0 Å². The topological polar surface area (TPSA) is 64.1 Å². The van der Waals surface area contributed by atoms with Gasteiger partial charge in [-0.3, -0.25) is 0 Å². The van der Waals surface area contributed by atoms with E-state index in [0.29, 0.717) is 23.4 Å². The summed E-state index contributed by atoms with van der Waals surface area (Å²) in [6.45, 7) is 2.16. The van der Waals surface area contributed by atoms with Crippen molar-refractivity contribution in [1.82, 2.24) is 15.5 Å². The quantitative estimate of drug-likeness (QED) is 0.800. The molecule has 2 aromatic heterocycles. The van der Waals surface area contributed by atoms with Crippen LogP contribution in [0.25, 0.3) is 22.6 Å². The normalized spacial score (nSPS) is 16.6. The first-order chi connectivity index (χ1) is 10.4. The highest BCUT2D eigenvalue weighted by atomic mass is 16.5. The van der Waals surface area contributed by atoms with E-state index in [1.807, 2.05) is 30.3 Å². The molecular weight excluding hydrogens is 266 g/mol. The number of benzene rings is 1. The van der Waals surface area contributed by atoms with Crippen LogP contribution in [0.4, 0.5) is 0 Å². The van der Waals surface area contributed by atoms with Crippen LogP contribution in [0, 0.1) is 5.92 Å². The highest BCUT2D eigenvalue weighted by molar-refractivity contribution is 5.81. The Labute approximate surface area is 122 Å². The smallest absolute Gasteiger partial charge is 0.238 e. The number of piperidine rings is 1. The Morgan fingerprint density at radius 2 is 2.05 bits per heavy atom. The van der Waals surface area contributed by atoms with Gasteiger partial charge in [0.15, 0.2) is 5.76 Å². The molecule has 0 radical (unpaired) electrons. The predicted molar refractivity (Wildman–Crippen MR) is 78.8 cm³/mol. The molecule has 3 heterocycles. The van der Waals surface area contributed by atoms with Crippen LogP contribution in [-0.4, -0.2) is 23.2 Å². The SMILES string of the molecule is c1ccc2oc(-c3noc(CC4CCNCC4)n3)cc2c1. The Morgan fingerprint density at radius 3 is 2.90 bits per heavy atom. The molecule has 1 fully saturated rings. The Hall–Kier alpha value is -2.14. The highest BCUT2D eigenvalue weighted by Crippen LogP contribution is 2.26. The van der Waals surface area contributed by atoms with Crippen LogP contribution in [0.1, 0.15) is 18.7 Å². The molecule has 0 saturated carbocycles. The standard InChI is InChI=1S/C16H17N3O2/c1-2-4-13-12(3-1)10-14(20-13)16-18-15(21-19-16)9-11-5-7-17-8-6-11/h1-4,10-11,17H,5-9H2. The van der Waals surface area contributed by atoms with Crippen molar-refractivity contribution < 1.29 is 8.94 Å². The lowest BCUT2D eigenvalue weighted by Crippen LogP contribution is -2.28. The second-order valence-corrected chi connectivity index (χ2v) is 5.56. The molecule has 1 aliphatic heterocycles. The van der Waals surface area contributed by atoms with Crippen LogP contribution in [0.15, 0.2) is 39.3 Å². The van der Waals surface area contributed by atoms with Crippen molar-refractivity contribution in [3.63, 3.8) is 0 Å². The van der Waals surface area contributed by atoms with Crippen molar-refractivity contribution >= 4 is 11.0 Å². The number of rotatable bonds is 3. The molecule has 1 aromatic carbocycles. The number of para-hydroxylation sites is 1. The monoisotopic (exact) mass is 283 g/mol. The minimum atomic E-state index is 0.537. The minimum Gasteiger partial charge on any atom is -0.453 e. The molecule has 3 aromatic rings. The van der Waals surface area contributed by atoms with Crippen LogP contribution < -0.4 is 5.32 Å². The lowest BCUT2D eigenvalue weighted by molar-refractivity contribution is 0.313. The maximum absolute atomic E-state index is 5.76. The lowest BCUT2D eigenvalue weighted by Gasteiger charge is -2.20. The van der Waals surface area contributed by atoms with E-state index in [1.54, 1.807) is 0 Å². The predicted octanol–water partition coefficient (Wildman–Crippen LogP) is 3.02. The van der Waals surface area contributed by atoms with Crippen LogP contribution >= 0.6 is 0 Å². The van der Waals surface area contributed by atoms with E-state index in [1.165, 1.54) is 12.8 Å². The second-order valence-electron chi connectivity index (χ2n) is 5.56. The summed E-state index contributed by atoms with van der Waals surface area (Å²) in [5.74, 6) is 2.54. The fourth-order valence-electron chi connectivity index (χ4n) is 2.86. The zero-order chi connectivity index (χ0) is 14.1. The van der Waals surface area contributed by atoms with E-state index in [-0.39, 0.29) is 0 Å². The number of furan rings is 1. The molecule has 108 valence electrons. The van der Waals surface area contributed by atoms with Gasteiger partial charge >= 0.3 is 0 Å². The minimum absolute atomic E-state index is 0.537. The summed E-state index contributed by atoms with van der Waals surface area (Å²) >= 11 is 0. The summed E-state index contributed by atoms with van der Waals surface area (Å²) in [5, 5.41) is 8.47. The molecule has 5 heteroatoms. The average molecular weight is 283 g/mol. The molecule has 1 aliphatic rings. The van der Waals surface area contributed by atoms with Gasteiger partial charge in [0.2, 0.25) is 11.7 Å². The highest BCUT2D eigenvalue weighted by Gasteiger charge is 2.19. The largest absolute Gasteiger partial charge is 0.453 e. The van der Waals surface area contributed by atoms with Gasteiger partial charge in [-0.25, -0.2) is 0 Å². The summed E-state index contributed by atoms with van der Waals surface area (Å²) in [6, 6.07) is 9.84. The fourth-order valence-corrected chi connectivity index (χ4v) is 2.86. The zero-order valence-electron chi connectivity index (χ0n) is 11.7. The van der Waals surface area contributed by atoms with E-state index < -0.39 is 0 Å². The van der Waals surface area contributed by atoms with Gasteiger partial charge in [-0.05, 0) is 44.0 Å². The Morgan fingerprint density at radius 1 is 1.19 bits per heavy atom. The van der Waals surface area contributed by atoms with Crippen LogP contribution in [0.2, 0.25) is 0 Å². The number of hydrogen-bond acceptors (Lipinski definition) is 5. The van der Waals surface area contributed by atoms with Gasteiger partial charge in [0.25, 0.3) is 0 Å². The first kappa shape index (κ1) is 12.6. The summed E-state index contributed by atoms with van der Waals surface area (Å²) < 4.78 is 11.1. The van der Waals surface area contributed by atoms with E-state index in [4.69, 9.17) is 8.94 Å². The average Bonchev–Trinajstić information content (AvgIpc) is 3.14. The van der Waals surface area contributed by atoms with Crippen LogP contribution in [-0.2, 0) is 6.42 Å². The number of nitrogens with zero attached hydrogens (tertiary/aromatic N) is 2. The van der Waals surface area contributed by atoms with Crippen molar-refractivity contribution in [1.29, 1.82) is 0 Å². The number of fused-ring (bicyclic) bond motifs is 1. The first-order valence-corrected chi connectivity index (χ1v) is 7.41. The number of aromatic nitrogens is 2. The lowest BCUT2D eigenvalue weighted by atomic mass is 9.95. The summed E-state index contributed by atoms with van der Waals surface area (Å²) in [7, 11) is 0. The Bertz CT molecular complexity index is 708. The van der Waals surface area contributed by atoms with Gasteiger partial charge in [0, 0.05) is 11.8 Å². The van der Waals surface area contributed by atoms with Gasteiger partial charge < -0.3 is 14.3 Å². The zero-order valence-corrected chi connectivity index (χ0v) is 11.7.